The van der Waals surface area contributed by atoms with E-state index in [1.54, 1.807) is 12.1 Å². The van der Waals surface area contributed by atoms with Gasteiger partial charge in [-0.1, -0.05) is 18.2 Å². The Hall–Kier alpha value is -0.970. The van der Waals surface area contributed by atoms with Gasteiger partial charge in [-0.15, -0.1) is 0 Å². The van der Waals surface area contributed by atoms with Gasteiger partial charge in [-0.2, -0.15) is 0 Å². The third-order valence-corrected chi connectivity index (χ3v) is 2.82. The molecule has 1 atom stereocenters. The molecule has 0 aromatic heterocycles. The molecule has 0 saturated carbocycles. The van der Waals surface area contributed by atoms with Crippen molar-refractivity contribution in [1.82, 2.24) is 10.2 Å². The summed E-state index contributed by atoms with van der Waals surface area (Å²) in [6.45, 7) is 1.53. The zero-order chi connectivity index (χ0) is 12.7. The average molecular weight is 240 g/mol. The Balaban J connectivity index is 2.49. The van der Waals surface area contributed by atoms with E-state index in [1.807, 2.05) is 20.2 Å². The molecule has 0 aliphatic heterocycles. The summed E-state index contributed by atoms with van der Waals surface area (Å²) in [5.41, 5.74) is 0.703. The monoisotopic (exact) mass is 240 g/mol. The molecule has 2 N–H and O–H groups in total. The Morgan fingerprint density at radius 2 is 2.12 bits per heavy atom. The van der Waals surface area contributed by atoms with Crippen LogP contribution in [0.5, 0.6) is 0 Å². The van der Waals surface area contributed by atoms with Crippen molar-refractivity contribution in [3.05, 3.63) is 35.6 Å². The van der Waals surface area contributed by atoms with Crippen LogP contribution in [0.25, 0.3) is 0 Å². The van der Waals surface area contributed by atoms with Gasteiger partial charge in [0, 0.05) is 31.3 Å². The highest BCUT2D eigenvalue weighted by Crippen LogP contribution is 2.09. The number of halogens is 1. The lowest BCUT2D eigenvalue weighted by molar-refractivity contribution is 0.229. The molecule has 1 rings (SSSR count). The van der Waals surface area contributed by atoms with E-state index in [0.717, 1.165) is 6.54 Å². The fourth-order valence-corrected chi connectivity index (χ4v) is 1.84. The van der Waals surface area contributed by atoms with E-state index >= 15 is 0 Å². The van der Waals surface area contributed by atoms with Crippen molar-refractivity contribution in [3.8, 4) is 0 Å². The molecular formula is C13H21FN2O. The lowest BCUT2D eigenvalue weighted by Gasteiger charge is -2.23. The predicted molar refractivity (Wildman–Crippen MR) is 67.3 cm³/mol. The second-order valence-electron chi connectivity index (χ2n) is 4.29. The quantitative estimate of drug-likeness (QED) is 0.752. The van der Waals surface area contributed by atoms with Crippen LogP contribution < -0.4 is 5.32 Å². The fourth-order valence-electron chi connectivity index (χ4n) is 1.84. The lowest BCUT2D eigenvalue weighted by atomic mass is 10.1. The molecule has 1 aromatic rings. The van der Waals surface area contributed by atoms with Gasteiger partial charge >= 0.3 is 0 Å². The Kier molecular flexibility index (Phi) is 6.11. The highest BCUT2D eigenvalue weighted by molar-refractivity contribution is 5.16. The molecule has 0 aliphatic rings. The number of aliphatic hydroxyl groups is 1. The predicted octanol–water partition coefficient (Wildman–Crippen LogP) is 1.23. The summed E-state index contributed by atoms with van der Waals surface area (Å²) < 4.78 is 13.4. The van der Waals surface area contributed by atoms with Gasteiger partial charge in [0.25, 0.3) is 0 Å². The average Bonchev–Trinajstić information content (AvgIpc) is 2.31. The summed E-state index contributed by atoms with van der Waals surface area (Å²) >= 11 is 0. The van der Waals surface area contributed by atoms with Crippen LogP contribution in [-0.4, -0.2) is 43.3 Å². The van der Waals surface area contributed by atoms with Crippen molar-refractivity contribution < 1.29 is 9.50 Å². The number of hydrogen-bond donors (Lipinski definition) is 2. The smallest absolute Gasteiger partial charge is 0.127 e. The first-order valence-electron chi connectivity index (χ1n) is 5.87. The summed E-state index contributed by atoms with van der Waals surface area (Å²) in [6, 6.07) is 7.05. The number of nitrogens with one attached hydrogen (secondary N) is 1. The van der Waals surface area contributed by atoms with Crippen LogP contribution in [-0.2, 0) is 6.54 Å². The third kappa shape index (κ3) is 4.81. The number of hydrogen-bond acceptors (Lipinski definition) is 3. The molecule has 0 spiro atoms. The molecule has 3 nitrogen and oxygen atoms in total. The van der Waals surface area contributed by atoms with Gasteiger partial charge in [-0.25, -0.2) is 4.39 Å². The Morgan fingerprint density at radius 3 is 2.71 bits per heavy atom. The summed E-state index contributed by atoms with van der Waals surface area (Å²) in [5.74, 6) is -0.164. The molecule has 17 heavy (non-hydrogen) atoms. The standard InChI is InChI=1S/C13H21FN2O/c1-15-12(7-8-17)10-16(2)9-11-5-3-4-6-13(11)14/h3-6,12,15,17H,7-10H2,1-2H3. The second kappa shape index (κ2) is 7.37. The van der Waals surface area contributed by atoms with Crippen LogP contribution in [0, 0.1) is 5.82 Å². The first kappa shape index (κ1) is 14.1. The Labute approximate surface area is 102 Å². The minimum atomic E-state index is -0.164. The summed E-state index contributed by atoms with van der Waals surface area (Å²) in [6.07, 6.45) is 0.706. The van der Waals surface area contributed by atoms with Crippen molar-refractivity contribution in [1.29, 1.82) is 0 Å². The highest BCUT2D eigenvalue weighted by atomic mass is 19.1. The summed E-state index contributed by atoms with van der Waals surface area (Å²) in [7, 11) is 3.82. The number of likely N-dealkylation sites (N-methyl/N-ethyl adjacent to an activating group) is 2. The molecule has 0 aliphatic carbocycles. The number of aliphatic hydroxyl groups excluding tert-OH is 1. The van der Waals surface area contributed by atoms with Gasteiger partial charge in [0.1, 0.15) is 5.82 Å². The van der Waals surface area contributed by atoms with Gasteiger partial charge in [-0.05, 0) is 26.6 Å². The van der Waals surface area contributed by atoms with Crippen molar-refractivity contribution in [2.45, 2.75) is 19.0 Å². The van der Waals surface area contributed by atoms with Gasteiger partial charge < -0.3 is 15.3 Å². The van der Waals surface area contributed by atoms with E-state index in [2.05, 4.69) is 10.2 Å². The maximum atomic E-state index is 13.4. The Bertz CT molecular complexity index is 333. The maximum Gasteiger partial charge on any atom is 0.127 e. The van der Waals surface area contributed by atoms with Crippen molar-refractivity contribution >= 4 is 0 Å². The van der Waals surface area contributed by atoms with Gasteiger partial charge in [0.05, 0.1) is 0 Å². The van der Waals surface area contributed by atoms with Crippen LogP contribution in [0.4, 0.5) is 4.39 Å². The maximum absolute atomic E-state index is 13.4. The Morgan fingerprint density at radius 1 is 1.41 bits per heavy atom. The topological polar surface area (TPSA) is 35.5 Å². The molecule has 0 bridgehead atoms. The SMILES string of the molecule is CNC(CCO)CN(C)Cc1ccccc1F. The molecule has 0 heterocycles. The van der Waals surface area contributed by atoms with Gasteiger partial charge in [0.15, 0.2) is 0 Å². The first-order chi connectivity index (χ1) is 8.17. The van der Waals surface area contributed by atoms with Crippen LogP contribution in [0.1, 0.15) is 12.0 Å². The largest absolute Gasteiger partial charge is 0.396 e. The van der Waals surface area contributed by atoms with E-state index in [4.69, 9.17) is 5.11 Å². The van der Waals surface area contributed by atoms with Gasteiger partial charge in [0.2, 0.25) is 0 Å². The van der Waals surface area contributed by atoms with E-state index in [9.17, 15) is 4.39 Å². The van der Waals surface area contributed by atoms with Crippen LogP contribution >= 0.6 is 0 Å². The number of nitrogens with zero attached hydrogens (tertiary/aromatic N) is 1. The zero-order valence-corrected chi connectivity index (χ0v) is 10.5. The molecule has 1 aromatic carbocycles. The zero-order valence-electron chi connectivity index (χ0n) is 10.5. The molecular weight excluding hydrogens is 219 g/mol. The van der Waals surface area contributed by atoms with Crippen LogP contribution in [0.2, 0.25) is 0 Å². The minimum Gasteiger partial charge on any atom is -0.396 e. The molecule has 0 fully saturated rings. The molecule has 4 heteroatoms. The molecule has 0 radical (unpaired) electrons. The van der Waals surface area contributed by atoms with Crippen LogP contribution in [0.15, 0.2) is 24.3 Å². The molecule has 1 unspecified atom stereocenters. The van der Waals surface area contributed by atoms with Crippen molar-refractivity contribution in [3.63, 3.8) is 0 Å². The lowest BCUT2D eigenvalue weighted by Crippen LogP contribution is -2.38. The highest BCUT2D eigenvalue weighted by Gasteiger charge is 2.10. The third-order valence-electron chi connectivity index (χ3n) is 2.82. The number of rotatable bonds is 7. The minimum absolute atomic E-state index is 0.164. The fraction of sp³-hybridized carbons (Fsp3) is 0.538. The van der Waals surface area contributed by atoms with E-state index < -0.39 is 0 Å². The van der Waals surface area contributed by atoms with Crippen LogP contribution in [0.3, 0.4) is 0 Å². The summed E-state index contributed by atoms with van der Waals surface area (Å²) in [5, 5.41) is 12.0. The summed E-state index contributed by atoms with van der Waals surface area (Å²) in [4.78, 5) is 2.05. The van der Waals surface area contributed by atoms with Crippen molar-refractivity contribution in [2.75, 3.05) is 27.2 Å². The molecule has 96 valence electrons. The van der Waals surface area contributed by atoms with Crippen molar-refractivity contribution in [2.24, 2.45) is 0 Å². The number of benzene rings is 1. The van der Waals surface area contributed by atoms with Gasteiger partial charge in [-0.3, -0.25) is 0 Å². The second-order valence-corrected chi connectivity index (χ2v) is 4.29. The normalized spacial score (nSPS) is 13.0. The van der Waals surface area contributed by atoms with E-state index in [0.29, 0.717) is 18.5 Å². The molecule has 0 amide bonds. The molecule has 0 saturated heterocycles. The van der Waals surface area contributed by atoms with E-state index in [1.165, 1.54) is 6.07 Å². The first-order valence-corrected chi connectivity index (χ1v) is 5.87. The van der Waals surface area contributed by atoms with E-state index in [-0.39, 0.29) is 18.5 Å².